The molecule has 0 radical (unpaired) electrons. The summed E-state index contributed by atoms with van der Waals surface area (Å²) in [6, 6.07) is 0. The Balaban J connectivity index is 2.81. The Labute approximate surface area is 61.9 Å². The summed E-state index contributed by atoms with van der Waals surface area (Å²) in [6.07, 6.45) is 0.319. The molecule has 1 rings (SSSR count). The van der Waals surface area contributed by atoms with Crippen LogP contribution < -0.4 is 0 Å². The van der Waals surface area contributed by atoms with Crippen molar-refractivity contribution in [3.05, 3.63) is 17.5 Å². The van der Waals surface area contributed by atoms with E-state index in [0.717, 1.165) is 12.4 Å². The van der Waals surface area contributed by atoms with Crippen LogP contribution in [0.1, 0.15) is 0 Å². The molecule has 0 aliphatic carbocycles. The quantitative estimate of drug-likeness (QED) is 0.362. The lowest BCUT2D eigenvalue weighted by molar-refractivity contribution is -0.572. The molecule has 1 aliphatic rings. The van der Waals surface area contributed by atoms with Crippen LogP contribution in [0.3, 0.4) is 0 Å². The summed E-state index contributed by atoms with van der Waals surface area (Å²) in [5, 5.41) is 27.8. The molecule has 2 N–H and O–H groups in total. The minimum atomic E-state index is -1.67. The van der Waals surface area contributed by atoms with E-state index >= 15 is 0 Å². The van der Waals surface area contributed by atoms with Crippen LogP contribution >= 0.6 is 0 Å². The molecule has 0 aromatic rings. The number of hydrogen-bond donors (Lipinski definition) is 2. The summed E-state index contributed by atoms with van der Waals surface area (Å²) in [5.41, 5.74) is 0. The summed E-state index contributed by atoms with van der Waals surface area (Å²) in [7, 11) is 0. The van der Waals surface area contributed by atoms with Gasteiger partial charge in [-0.15, -0.1) is 0 Å². The Kier molecular flexibility index (Phi) is 1.77. The van der Waals surface area contributed by atoms with Crippen LogP contribution in [0.5, 0.6) is 0 Å². The van der Waals surface area contributed by atoms with Crippen molar-refractivity contribution in [2.24, 2.45) is 0 Å². The number of hydrogen-bond acceptors (Lipinski definition) is 3. The molecule has 0 saturated carbocycles. The Bertz CT molecular complexity index is 235. The number of nitrogens with zero attached hydrogens (tertiary/aromatic N) is 2. The third-order valence-corrected chi connectivity index (χ3v) is 1.18. The average Bonchev–Trinajstić information content (AvgIpc) is 1.94. The van der Waals surface area contributed by atoms with Crippen molar-refractivity contribution in [3.8, 4) is 0 Å². The fraction of sp³-hybridized carbons (Fsp3) is 0.200. The van der Waals surface area contributed by atoms with Gasteiger partial charge in [0, 0.05) is 12.3 Å². The highest BCUT2D eigenvalue weighted by Gasteiger charge is 2.26. The normalized spacial score (nSPS) is 23.2. The number of carbonyl (C=O) groups is 1. The highest BCUT2D eigenvalue weighted by Crippen LogP contribution is 2.02. The van der Waals surface area contributed by atoms with Crippen LogP contribution in [0, 0.1) is 5.21 Å². The summed E-state index contributed by atoms with van der Waals surface area (Å²) in [6.45, 7) is 0. The summed E-state index contributed by atoms with van der Waals surface area (Å²) in [4.78, 5) is 10.7. The van der Waals surface area contributed by atoms with Gasteiger partial charge in [-0.2, -0.15) is 9.64 Å². The van der Waals surface area contributed by atoms with E-state index in [2.05, 4.69) is 0 Å². The van der Waals surface area contributed by atoms with Crippen LogP contribution in [0.25, 0.3) is 0 Å². The average molecular weight is 158 g/mol. The third kappa shape index (κ3) is 1.30. The molecule has 0 aromatic carbocycles. The van der Waals surface area contributed by atoms with Gasteiger partial charge in [-0.3, -0.25) is 0 Å². The monoisotopic (exact) mass is 158 g/mol. The summed E-state index contributed by atoms with van der Waals surface area (Å²) in [5.74, 6) is 0. The number of amides is 1. The Morgan fingerprint density at radius 1 is 1.73 bits per heavy atom. The lowest BCUT2D eigenvalue weighted by atomic mass is 10.5. The molecular formula is C5H6N2O4. The minimum absolute atomic E-state index is 0.133. The van der Waals surface area contributed by atoms with Crippen molar-refractivity contribution in [1.29, 1.82) is 0 Å². The van der Waals surface area contributed by atoms with E-state index in [9.17, 15) is 10.0 Å². The summed E-state index contributed by atoms with van der Waals surface area (Å²) >= 11 is 0. The molecule has 6 heteroatoms. The van der Waals surface area contributed by atoms with Crippen molar-refractivity contribution in [2.75, 3.05) is 0 Å². The van der Waals surface area contributed by atoms with Gasteiger partial charge in [-0.05, 0) is 0 Å². The van der Waals surface area contributed by atoms with E-state index < -0.39 is 12.4 Å². The minimum Gasteiger partial charge on any atom is -0.620 e. The van der Waals surface area contributed by atoms with Gasteiger partial charge >= 0.3 is 12.4 Å². The molecule has 0 aromatic heterocycles. The van der Waals surface area contributed by atoms with Gasteiger partial charge in [-0.25, -0.2) is 4.79 Å². The number of rotatable bonds is 0. The van der Waals surface area contributed by atoms with Crippen LogP contribution in [-0.2, 0) is 0 Å². The number of aliphatic hydroxyl groups excluding tert-OH is 1. The smallest absolute Gasteiger partial charge is 0.418 e. The van der Waals surface area contributed by atoms with E-state index in [1.807, 2.05) is 0 Å². The van der Waals surface area contributed by atoms with E-state index in [4.69, 9.17) is 10.2 Å². The standard InChI is InChI=1S/C5H6N2O4/c8-4-6(5(9)10)2-1-3-7(4)11/h1-4,8H,(H,9,10). The first kappa shape index (κ1) is 7.55. The topological polar surface area (TPSA) is 86.8 Å². The molecule has 1 atom stereocenters. The zero-order chi connectivity index (χ0) is 8.43. The van der Waals surface area contributed by atoms with Gasteiger partial charge in [0.1, 0.15) is 0 Å². The Morgan fingerprint density at radius 2 is 2.36 bits per heavy atom. The zero-order valence-electron chi connectivity index (χ0n) is 5.41. The SMILES string of the molecule is O=C(O)N1C=CC=[N+]([O-])C1O. The van der Waals surface area contributed by atoms with Gasteiger partial charge in [0.25, 0.3) is 0 Å². The maximum atomic E-state index is 10.6. The first-order chi connectivity index (χ1) is 5.13. The maximum Gasteiger partial charge on any atom is 0.418 e. The first-order valence-electron chi connectivity index (χ1n) is 2.79. The number of hydroxylamine groups is 1. The third-order valence-electron chi connectivity index (χ3n) is 1.18. The van der Waals surface area contributed by atoms with Crippen LogP contribution in [0.2, 0.25) is 0 Å². The number of aliphatic hydroxyl groups is 1. The van der Waals surface area contributed by atoms with Crippen LogP contribution in [-0.4, -0.2) is 38.5 Å². The number of carboxylic acid groups (broad SMARTS) is 1. The predicted octanol–water partition coefficient (Wildman–Crippen LogP) is -0.649. The fourth-order valence-electron chi connectivity index (χ4n) is 0.655. The second kappa shape index (κ2) is 2.59. The van der Waals surface area contributed by atoms with Gasteiger partial charge in [0.05, 0.1) is 0 Å². The highest BCUT2D eigenvalue weighted by molar-refractivity contribution is 5.72. The summed E-state index contributed by atoms with van der Waals surface area (Å²) < 4.78 is 0.133. The molecular weight excluding hydrogens is 152 g/mol. The first-order valence-corrected chi connectivity index (χ1v) is 2.79. The molecule has 1 aliphatic heterocycles. The molecule has 1 heterocycles. The van der Waals surface area contributed by atoms with E-state index in [1.54, 1.807) is 0 Å². The molecule has 1 unspecified atom stereocenters. The van der Waals surface area contributed by atoms with Gasteiger partial charge < -0.3 is 15.4 Å². The zero-order valence-corrected chi connectivity index (χ0v) is 5.41. The van der Waals surface area contributed by atoms with Crippen LogP contribution in [0.4, 0.5) is 4.79 Å². The Morgan fingerprint density at radius 3 is 2.82 bits per heavy atom. The van der Waals surface area contributed by atoms with Crippen molar-refractivity contribution >= 4 is 12.3 Å². The van der Waals surface area contributed by atoms with Crippen molar-refractivity contribution in [2.45, 2.75) is 6.35 Å². The molecule has 0 saturated heterocycles. The molecule has 0 fully saturated rings. The maximum absolute atomic E-state index is 10.6. The van der Waals surface area contributed by atoms with Crippen LogP contribution in [0.15, 0.2) is 12.3 Å². The van der Waals surface area contributed by atoms with Crippen molar-refractivity contribution in [1.82, 2.24) is 4.90 Å². The molecule has 0 bridgehead atoms. The largest absolute Gasteiger partial charge is 0.620 e. The fourth-order valence-corrected chi connectivity index (χ4v) is 0.655. The molecule has 6 nitrogen and oxygen atoms in total. The predicted molar refractivity (Wildman–Crippen MR) is 34.7 cm³/mol. The molecule has 0 spiro atoms. The highest BCUT2D eigenvalue weighted by atomic mass is 16.5. The number of allylic oxidation sites excluding steroid dienone is 1. The van der Waals surface area contributed by atoms with E-state index in [-0.39, 0.29) is 4.74 Å². The van der Waals surface area contributed by atoms with Gasteiger partial charge in [-0.1, -0.05) is 0 Å². The van der Waals surface area contributed by atoms with E-state index in [1.165, 1.54) is 6.08 Å². The van der Waals surface area contributed by atoms with Gasteiger partial charge in [0.2, 0.25) is 0 Å². The lowest BCUT2D eigenvalue weighted by Gasteiger charge is -2.21. The van der Waals surface area contributed by atoms with Gasteiger partial charge in [0.15, 0.2) is 6.21 Å². The van der Waals surface area contributed by atoms with E-state index in [0.29, 0.717) is 4.90 Å². The second-order valence-corrected chi connectivity index (χ2v) is 1.89. The lowest BCUT2D eigenvalue weighted by Crippen LogP contribution is -2.43. The molecule has 11 heavy (non-hydrogen) atoms. The molecule has 60 valence electrons. The van der Waals surface area contributed by atoms with Crippen molar-refractivity contribution in [3.63, 3.8) is 0 Å². The Hall–Kier alpha value is -1.56. The molecule has 1 amide bonds. The second-order valence-electron chi connectivity index (χ2n) is 1.89. The van der Waals surface area contributed by atoms with Crippen molar-refractivity contribution < 1.29 is 19.7 Å².